The first-order valence-electron chi connectivity index (χ1n) is 6.77. The topological polar surface area (TPSA) is 66.5 Å². The van der Waals surface area contributed by atoms with Gasteiger partial charge in [-0.2, -0.15) is 0 Å². The van der Waals surface area contributed by atoms with Crippen LogP contribution in [0, 0.1) is 0 Å². The molecule has 0 spiro atoms. The number of carbonyl (C=O) groups is 1. The zero-order chi connectivity index (χ0) is 15.5. The summed E-state index contributed by atoms with van der Waals surface area (Å²) < 4.78 is 22.7. The Kier molecular flexibility index (Phi) is 5.24. The van der Waals surface area contributed by atoms with Gasteiger partial charge in [0.1, 0.15) is 0 Å². The third kappa shape index (κ3) is 5.30. The van der Waals surface area contributed by atoms with Crippen LogP contribution in [0.3, 0.4) is 0 Å². The standard InChI is InChI=1S/C14H19ClN2O3S/c1-17(8-11-2-4-12(15)5-3-11)9-14(18)16-13-6-7-21(19,20)10-13/h2-5,13H,6-10H2,1H3,(H,16,18)/t13-/m1/s1. The van der Waals surface area contributed by atoms with E-state index in [2.05, 4.69) is 5.32 Å². The number of carbonyl (C=O) groups excluding carboxylic acids is 1. The van der Waals surface area contributed by atoms with Gasteiger partial charge in [0.25, 0.3) is 0 Å². The first-order valence-corrected chi connectivity index (χ1v) is 8.97. The quantitative estimate of drug-likeness (QED) is 0.877. The molecule has 0 aliphatic carbocycles. The maximum atomic E-state index is 11.9. The van der Waals surface area contributed by atoms with Gasteiger partial charge in [0.2, 0.25) is 5.91 Å². The monoisotopic (exact) mass is 330 g/mol. The van der Waals surface area contributed by atoms with Crippen LogP contribution in [0.5, 0.6) is 0 Å². The molecule has 1 atom stereocenters. The number of nitrogens with zero attached hydrogens (tertiary/aromatic N) is 1. The molecule has 21 heavy (non-hydrogen) atoms. The maximum absolute atomic E-state index is 11.9. The smallest absolute Gasteiger partial charge is 0.234 e. The van der Waals surface area contributed by atoms with Crippen LogP contribution in [0.1, 0.15) is 12.0 Å². The van der Waals surface area contributed by atoms with Crippen LogP contribution in [0.15, 0.2) is 24.3 Å². The predicted octanol–water partition coefficient (Wildman–Crippen LogP) is 1.08. The first kappa shape index (κ1) is 16.3. The summed E-state index contributed by atoms with van der Waals surface area (Å²) in [7, 11) is -1.12. The zero-order valence-electron chi connectivity index (χ0n) is 11.9. The molecule has 1 aromatic rings. The number of hydrogen-bond donors (Lipinski definition) is 1. The van der Waals surface area contributed by atoms with E-state index < -0.39 is 9.84 Å². The van der Waals surface area contributed by atoms with Crippen LogP contribution < -0.4 is 5.32 Å². The van der Waals surface area contributed by atoms with Gasteiger partial charge in [-0.25, -0.2) is 8.42 Å². The van der Waals surface area contributed by atoms with Crippen LogP contribution in [-0.2, 0) is 21.2 Å². The molecular formula is C14H19ClN2O3S. The van der Waals surface area contributed by atoms with E-state index in [1.165, 1.54) is 0 Å². The van der Waals surface area contributed by atoms with E-state index in [-0.39, 0.29) is 30.0 Å². The van der Waals surface area contributed by atoms with Gasteiger partial charge in [0, 0.05) is 17.6 Å². The lowest BCUT2D eigenvalue weighted by Crippen LogP contribution is -2.41. The molecule has 0 radical (unpaired) electrons. The summed E-state index contributed by atoms with van der Waals surface area (Å²) in [5.74, 6) is 0.0756. The Labute approximate surface area is 130 Å². The average molecular weight is 331 g/mol. The van der Waals surface area contributed by atoms with Crippen molar-refractivity contribution in [2.24, 2.45) is 0 Å². The molecule has 1 aromatic carbocycles. The normalized spacial score (nSPS) is 20.6. The molecule has 1 fully saturated rings. The summed E-state index contributed by atoms with van der Waals surface area (Å²) in [6, 6.07) is 7.22. The summed E-state index contributed by atoms with van der Waals surface area (Å²) >= 11 is 5.82. The fraction of sp³-hybridized carbons (Fsp3) is 0.500. The first-order chi connectivity index (χ1) is 9.84. The highest BCUT2D eigenvalue weighted by molar-refractivity contribution is 7.91. The summed E-state index contributed by atoms with van der Waals surface area (Å²) in [6.07, 6.45) is 0.509. The van der Waals surface area contributed by atoms with Crippen molar-refractivity contribution in [3.8, 4) is 0 Å². The van der Waals surface area contributed by atoms with Gasteiger partial charge in [-0.15, -0.1) is 0 Å². The Bertz CT molecular complexity index is 601. The van der Waals surface area contributed by atoms with Gasteiger partial charge in [0.05, 0.1) is 18.1 Å². The number of sulfone groups is 1. The van der Waals surface area contributed by atoms with Crippen molar-refractivity contribution in [3.05, 3.63) is 34.9 Å². The molecule has 7 heteroatoms. The van der Waals surface area contributed by atoms with E-state index in [9.17, 15) is 13.2 Å². The van der Waals surface area contributed by atoms with Gasteiger partial charge in [0.15, 0.2) is 9.84 Å². The lowest BCUT2D eigenvalue weighted by molar-refractivity contribution is -0.122. The molecular weight excluding hydrogens is 312 g/mol. The Hall–Kier alpha value is -1.11. The van der Waals surface area contributed by atoms with E-state index in [1.54, 1.807) is 0 Å². The highest BCUT2D eigenvalue weighted by Crippen LogP contribution is 2.12. The lowest BCUT2D eigenvalue weighted by Gasteiger charge is -2.18. The second-order valence-electron chi connectivity index (χ2n) is 5.47. The number of hydrogen-bond acceptors (Lipinski definition) is 4. The fourth-order valence-electron chi connectivity index (χ4n) is 2.38. The van der Waals surface area contributed by atoms with Crippen LogP contribution >= 0.6 is 11.6 Å². The summed E-state index contributed by atoms with van der Waals surface area (Å²) in [5, 5.41) is 3.46. The lowest BCUT2D eigenvalue weighted by atomic mass is 10.2. The van der Waals surface area contributed by atoms with Gasteiger partial charge in [-0.05, 0) is 31.2 Å². The number of rotatable bonds is 5. The van der Waals surface area contributed by atoms with E-state index in [0.717, 1.165) is 5.56 Å². The van der Waals surface area contributed by atoms with Crippen molar-refractivity contribution < 1.29 is 13.2 Å². The second kappa shape index (κ2) is 6.77. The number of benzene rings is 1. The Morgan fingerprint density at radius 2 is 2.05 bits per heavy atom. The molecule has 1 aliphatic heterocycles. The molecule has 1 amide bonds. The molecule has 0 aromatic heterocycles. The van der Waals surface area contributed by atoms with Crippen LogP contribution in [-0.4, -0.2) is 50.4 Å². The van der Waals surface area contributed by atoms with E-state index in [1.807, 2.05) is 36.2 Å². The van der Waals surface area contributed by atoms with Crippen LogP contribution in [0.2, 0.25) is 5.02 Å². The van der Waals surface area contributed by atoms with Gasteiger partial charge < -0.3 is 5.32 Å². The van der Waals surface area contributed by atoms with Gasteiger partial charge in [-0.3, -0.25) is 9.69 Å². The third-order valence-corrected chi connectivity index (χ3v) is 5.40. The van der Waals surface area contributed by atoms with Crippen molar-refractivity contribution in [1.29, 1.82) is 0 Å². The van der Waals surface area contributed by atoms with Gasteiger partial charge in [-0.1, -0.05) is 23.7 Å². The Morgan fingerprint density at radius 3 is 2.62 bits per heavy atom. The second-order valence-corrected chi connectivity index (χ2v) is 8.13. The average Bonchev–Trinajstić information content (AvgIpc) is 2.71. The van der Waals surface area contributed by atoms with Crippen molar-refractivity contribution in [2.75, 3.05) is 25.1 Å². The molecule has 0 bridgehead atoms. The maximum Gasteiger partial charge on any atom is 0.234 e. The minimum absolute atomic E-state index is 0.0552. The molecule has 1 saturated heterocycles. The Morgan fingerprint density at radius 1 is 1.38 bits per heavy atom. The van der Waals surface area contributed by atoms with E-state index in [0.29, 0.717) is 18.0 Å². The number of amides is 1. The van der Waals surface area contributed by atoms with Crippen molar-refractivity contribution >= 4 is 27.3 Å². The highest BCUT2D eigenvalue weighted by Gasteiger charge is 2.28. The largest absolute Gasteiger partial charge is 0.351 e. The fourth-order valence-corrected chi connectivity index (χ4v) is 4.18. The van der Waals surface area contributed by atoms with E-state index >= 15 is 0 Å². The van der Waals surface area contributed by atoms with Crippen molar-refractivity contribution in [2.45, 2.75) is 19.0 Å². The minimum Gasteiger partial charge on any atom is -0.351 e. The molecule has 5 nitrogen and oxygen atoms in total. The van der Waals surface area contributed by atoms with E-state index in [4.69, 9.17) is 11.6 Å². The SMILES string of the molecule is CN(CC(=O)N[C@@H]1CCS(=O)(=O)C1)Cc1ccc(Cl)cc1. The molecule has 1 aliphatic rings. The molecule has 1 N–H and O–H groups in total. The summed E-state index contributed by atoms with van der Waals surface area (Å²) in [5.41, 5.74) is 1.07. The molecule has 116 valence electrons. The molecule has 1 heterocycles. The Balaban J connectivity index is 1.78. The number of halogens is 1. The number of likely N-dealkylation sites (N-methyl/N-ethyl adjacent to an activating group) is 1. The van der Waals surface area contributed by atoms with Crippen molar-refractivity contribution in [1.82, 2.24) is 10.2 Å². The molecule has 0 saturated carbocycles. The third-order valence-electron chi connectivity index (χ3n) is 3.38. The van der Waals surface area contributed by atoms with Crippen LogP contribution in [0.4, 0.5) is 0 Å². The zero-order valence-corrected chi connectivity index (χ0v) is 13.5. The highest BCUT2D eigenvalue weighted by atomic mass is 35.5. The molecule has 2 rings (SSSR count). The predicted molar refractivity (Wildman–Crippen MR) is 83.0 cm³/mol. The minimum atomic E-state index is -2.96. The summed E-state index contributed by atoms with van der Waals surface area (Å²) in [6.45, 7) is 0.868. The summed E-state index contributed by atoms with van der Waals surface area (Å²) in [4.78, 5) is 13.8. The van der Waals surface area contributed by atoms with Crippen LogP contribution in [0.25, 0.3) is 0 Å². The number of nitrogens with one attached hydrogen (secondary N) is 1. The molecule has 0 unspecified atom stereocenters. The van der Waals surface area contributed by atoms with Crippen molar-refractivity contribution in [3.63, 3.8) is 0 Å². The van der Waals surface area contributed by atoms with Gasteiger partial charge >= 0.3 is 0 Å².